The summed E-state index contributed by atoms with van der Waals surface area (Å²) in [7, 11) is 0. The summed E-state index contributed by atoms with van der Waals surface area (Å²) in [6.07, 6.45) is 0.430. The zero-order valence-electron chi connectivity index (χ0n) is 11.8. The smallest absolute Gasteiger partial charge is 0.227 e. The second-order valence-electron chi connectivity index (χ2n) is 4.90. The van der Waals surface area contributed by atoms with Crippen molar-refractivity contribution in [3.8, 4) is 0 Å². The third-order valence-electron chi connectivity index (χ3n) is 3.15. The molecule has 0 aliphatic rings. The SMILES string of the molecule is CCN(CC(C)C(N)=S)C(=O)Cc1cccc(C)c1. The zero-order valence-corrected chi connectivity index (χ0v) is 12.7. The Bertz CT molecular complexity index is 459. The molecule has 0 bridgehead atoms. The standard InChI is InChI=1S/C15H22N2OS/c1-4-17(10-12(3)15(16)19)14(18)9-13-7-5-6-11(2)8-13/h5-8,12H,4,9-10H2,1-3H3,(H2,16,19). The van der Waals surface area contributed by atoms with Gasteiger partial charge in [-0.25, -0.2) is 0 Å². The van der Waals surface area contributed by atoms with Crippen LogP contribution in [0.2, 0.25) is 0 Å². The summed E-state index contributed by atoms with van der Waals surface area (Å²) in [5.74, 6) is 0.174. The lowest BCUT2D eigenvalue weighted by atomic mass is 10.1. The Labute approximate surface area is 120 Å². The second-order valence-corrected chi connectivity index (χ2v) is 5.37. The molecule has 19 heavy (non-hydrogen) atoms. The lowest BCUT2D eigenvalue weighted by Crippen LogP contribution is -2.38. The van der Waals surface area contributed by atoms with Gasteiger partial charge >= 0.3 is 0 Å². The van der Waals surface area contributed by atoms with Crippen molar-refractivity contribution in [2.24, 2.45) is 11.7 Å². The predicted molar refractivity (Wildman–Crippen MR) is 83.1 cm³/mol. The van der Waals surface area contributed by atoms with E-state index in [0.717, 1.165) is 5.56 Å². The molecule has 0 saturated carbocycles. The van der Waals surface area contributed by atoms with E-state index in [0.29, 0.717) is 24.5 Å². The van der Waals surface area contributed by atoms with Gasteiger partial charge < -0.3 is 10.6 Å². The molecule has 0 heterocycles. The molecule has 2 N–H and O–H groups in total. The third-order valence-corrected chi connectivity index (χ3v) is 3.55. The van der Waals surface area contributed by atoms with E-state index in [1.54, 1.807) is 0 Å². The van der Waals surface area contributed by atoms with E-state index < -0.39 is 0 Å². The van der Waals surface area contributed by atoms with Crippen molar-refractivity contribution in [3.05, 3.63) is 35.4 Å². The highest BCUT2D eigenvalue weighted by Gasteiger charge is 2.16. The van der Waals surface area contributed by atoms with Gasteiger partial charge in [0.15, 0.2) is 0 Å². The number of nitrogens with two attached hydrogens (primary N) is 1. The predicted octanol–water partition coefficient (Wildman–Crippen LogP) is 2.31. The van der Waals surface area contributed by atoms with Gasteiger partial charge in [-0.2, -0.15) is 0 Å². The van der Waals surface area contributed by atoms with E-state index in [1.807, 2.05) is 49.9 Å². The van der Waals surface area contributed by atoms with Crippen LogP contribution in [0.3, 0.4) is 0 Å². The van der Waals surface area contributed by atoms with E-state index >= 15 is 0 Å². The van der Waals surface area contributed by atoms with Crippen molar-refractivity contribution in [1.29, 1.82) is 0 Å². The van der Waals surface area contributed by atoms with Gasteiger partial charge in [0, 0.05) is 19.0 Å². The number of aryl methyl sites for hydroxylation is 1. The monoisotopic (exact) mass is 278 g/mol. The minimum atomic E-state index is 0.0522. The summed E-state index contributed by atoms with van der Waals surface area (Å²) in [5, 5.41) is 0. The van der Waals surface area contributed by atoms with Crippen LogP contribution in [0.5, 0.6) is 0 Å². The molecule has 0 fully saturated rings. The van der Waals surface area contributed by atoms with Gasteiger partial charge in [-0.3, -0.25) is 4.79 Å². The fourth-order valence-corrected chi connectivity index (χ4v) is 2.01. The van der Waals surface area contributed by atoms with E-state index in [2.05, 4.69) is 0 Å². The summed E-state index contributed by atoms with van der Waals surface area (Å²) in [6, 6.07) is 8.03. The average Bonchev–Trinajstić information content (AvgIpc) is 2.35. The third kappa shape index (κ3) is 4.99. The molecule has 0 saturated heterocycles. The number of carbonyl (C=O) groups is 1. The molecular formula is C15H22N2OS. The Balaban J connectivity index is 2.66. The first-order chi connectivity index (χ1) is 8.93. The highest BCUT2D eigenvalue weighted by molar-refractivity contribution is 7.80. The molecule has 3 nitrogen and oxygen atoms in total. The van der Waals surface area contributed by atoms with Gasteiger partial charge in [-0.1, -0.05) is 49.0 Å². The Morgan fingerprint density at radius 2 is 2.16 bits per heavy atom. The van der Waals surface area contributed by atoms with Crippen molar-refractivity contribution < 1.29 is 4.79 Å². The number of carbonyl (C=O) groups excluding carboxylic acids is 1. The maximum Gasteiger partial charge on any atom is 0.227 e. The normalized spacial score (nSPS) is 11.9. The Kier molecular flexibility index (Phi) is 5.96. The molecule has 0 radical (unpaired) electrons. The van der Waals surface area contributed by atoms with Crippen LogP contribution in [0.4, 0.5) is 0 Å². The van der Waals surface area contributed by atoms with Crippen LogP contribution >= 0.6 is 12.2 Å². The first-order valence-corrected chi connectivity index (χ1v) is 6.97. The lowest BCUT2D eigenvalue weighted by Gasteiger charge is -2.24. The molecule has 0 aromatic heterocycles. The molecule has 1 amide bonds. The summed E-state index contributed by atoms with van der Waals surface area (Å²) in [6.45, 7) is 7.22. The quantitative estimate of drug-likeness (QED) is 0.812. The number of likely N-dealkylation sites (N-methyl/N-ethyl adjacent to an activating group) is 1. The topological polar surface area (TPSA) is 46.3 Å². The average molecular weight is 278 g/mol. The van der Waals surface area contributed by atoms with Gasteiger partial charge in [0.2, 0.25) is 5.91 Å². The molecule has 1 unspecified atom stereocenters. The van der Waals surface area contributed by atoms with Gasteiger partial charge in [0.05, 0.1) is 11.4 Å². The molecule has 1 rings (SSSR count). The van der Waals surface area contributed by atoms with Crippen LogP contribution in [0.1, 0.15) is 25.0 Å². The Hall–Kier alpha value is -1.42. The zero-order chi connectivity index (χ0) is 14.4. The Morgan fingerprint density at radius 3 is 2.68 bits per heavy atom. The molecule has 1 atom stereocenters. The van der Waals surface area contributed by atoms with Crippen molar-refractivity contribution in [2.75, 3.05) is 13.1 Å². The molecule has 104 valence electrons. The number of thiocarbonyl (C=S) groups is 1. The van der Waals surface area contributed by atoms with Crippen molar-refractivity contribution in [3.63, 3.8) is 0 Å². The molecule has 0 aliphatic carbocycles. The molecule has 1 aromatic carbocycles. The number of amides is 1. The number of hydrogen-bond donors (Lipinski definition) is 1. The van der Waals surface area contributed by atoms with Crippen LogP contribution in [0.15, 0.2) is 24.3 Å². The van der Waals surface area contributed by atoms with E-state index in [9.17, 15) is 4.79 Å². The van der Waals surface area contributed by atoms with E-state index in [4.69, 9.17) is 18.0 Å². The van der Waals surface area contributed by atoms with Crippen molar-refractivity contribution in [1.82, 2.24) is 4.90 Å². The minimum absolute atomic E-state index is 0.0522. The highest BCUT2D eigenvalue weighted by Crippen LogP contribution is 2.08. The maximum absolute atomic E-state index is 12.3. The fraction of sp³-hybridized carbons (Fsp3) is 0.467. The minimum Gasteiger partial charge on any atom is -0.393 e. The second kappa shape index (κ2) is 7.24. The van der Waals surface area contributed by atoms with Crippen LogP contribution in [0, 0.1) is 12.8 Å². The van der Waals surface area contributed by atoms with Crippen LogP contribution in [-0.2, 0) is 11.2 Å². The molecule has 4 heteroatoms. The lowest BCUT2D eigenvalue weighted by molar-refractivity contribution is -0.130. The number of hydrogen-bond acceptors (Lipinski definition) is 2. The van der Waals surface area contributed by atoms with Crippen molar-refractivity contribution in [2.45, 2.75) is 27.2 Å². The van der Waals surface area contributed by atoms with E-state index in [1.165, 1.54) is 5.56 Å². The van der Waals surface area contributed by atoms with Crippen LogP contribution in [-0.4, -0.2) is 28.9 Å². The van der Waals surface area contributed by atoms with Gasteiger partial charge in [0.25, 0.3) is 0 Å². The summed E-state index contributed by atoms with van der Waals surface area (Å²) < 4.78 is 0. The number of nitrogens with zero attached hydrogens (tertiary/aromatic N) is 1. The summed E-state index contributed by atoms with van der Waals surface area (Å²) in [5.41, 5.74) is 7.82. The largest absolute Gasteiger partial charge is 0.393 e. The van der Waals surface area contributed by atoms with Crippen LogP contribution < -0.4 is 5.73 Å². The molecular weight excluding hydrogens is 256 g/mol. The number of benzene rings is 1. The maximum atomic E-state index is 12.3. The van der Waals surface area contributed by atoms with Gasteiger partial charge in [-0.15, -0.1) is 0 Å². The number of rotatable bonds is 6. The molecule has 0 aliphatic heterocycles. The fourth-order valence-electron chi connectivity index (χ4n) is 1.94. The Morgan fingerprint density at radius 1 is 1.47 bits per heavy atom. The molecule has 1 aromatic rings. The first-order valence-electron chi connectivity index (χ1n) is 6.56. The van der Waals surface area contributed by atoms with Gasteiger partial charge in [-0.05, 0) is 19.4 Å². The molecule has 0 spiro atoms. The van der Waals surface area contributed by atoms with Crippen molar-refractivity contribution >= 4 is 23.1 Å². The summed E-state index contributed by atoms with van der Waals surface area (Å²) >= 11 is 4.96. The van der Waals surface area contributed by atoms with E-state index in [-0.39, 0.29) is 11.8 Å². The first kappa shape index (κ1) is 15.6. The van der Waals surface area contributed by atoms with Gasteiger partial charge in [0.1, 0.15) is 0 Å². The summed E-state index contributed by atoms with van der Waals surface area (Å²) in [4.78, 5) is 14.5. The van der Waals surface area contributed by atoms with Crippen LogP contribution in [0.25, 0.3) is 0 Å². The highest BCUT2D eigenvalue weighted by atomic mass is 32.1.